The van der Waals surface area contributed by atoms with Crippen LogP contribution in [0.3, 0.4) is 0 Å². The van der Waals surface area contributed by atoms with E-state index in [2.05, 4.69) is 15.5 Å². The van der Waals surface area contributed by atoms with Gasteiger partial charge in [0.25, 0.3) is 5.91 Å². The van der Waals surface area contributed by atoms with Crippen LogP contribution in [0.4, 0.5) is 4.39 Å². The molecule has 3 heterocycles. The van der Waals surface area contributed by atoms with Gasteiger partial charge >= 0.3 is 5.69 Å². The third kappa shape index (κ3) is 3.89. The Labute approximate surface area is 186 Å². The fourth-order valence-electron chi connectivity index (χ4n) is 3.61. The monoisotopic (exact) mass is 452 g/mol. The first kappa shape index (κ1) is 20.4. The van der Waals surface area contributed by atoms with Crippen molar-refractivity contribution < 1.29 is 9.18 Å². The molecule has 0 aliphatic heterocycles. The highest BCUT2D eigenvalue weighted by Crippen LogP contribution is 2.37. The summed E-state index contributed by atoms with van der Waals surface area (Å²) in [6.07, 6.45) is 1.97. The zero-order valence-electron chi connectivity index (χ0n) is 17.4. The molecule has 0 radical (unpaired) electrons. The second-order valence-corrected chi connectivity index (χ2v) is 8.66. The van der Waals surface area contributed by atoms with Crippen molar-refractivity contribution in [2.75, 3.05) is 6.54 Å². The molecule has 164 valence electrons. The van der Waals surface area contributed by atoms with Gasteiger partial charge in [-0.25, -0.2) is 13.9 Å². The Morgan fingerprint density at radius 2 is 2.00 bits per heavy atom. The van der Waals surface area contributed by atoms with E-state index < -0.39 is 0 Å². The van der Waals surface area contributed by atoms with Gasteiger partial charge in [-0.15, -0.1) is 16.4 Å². The summed E-state index contributed by atoms with van der Waals surface area (Å²) in [7, 11) is 1.68. The minimum absolute atomic E-state index is 0.149. The summed E-state index contributed by atoms with van der Waals surface area (Å²) in [4.78, 5) is 26.5. The summed E-state index contributed by atoms with van der Waals surface area (Å²) in [5.74, 6) is 0.0557. The number of nitrogens with zero attached hydrogens (tertiary/aromatic N) is 5. The van der Waals surface area contributed by atoms with Gasteiger partial charge in [0.1, 0.15) is 11.5 Å². The van der Waals surface area contributed by atoms with Crippen molar-refractivity contribution >= 4 is 17.2 Å². The molecule has 0 spiro atoms. The van der Waals surface area contributed by atoms with Crippen LogP contribution < -0.4 is 11.0 Å². The summed E-state index contributed by atoms with van der Waals surface area (Å²) in [6.45, 7) is 0.521. The fraction of sp³-hybridized carbons (Fsp3) is 0.273. The molecular weight excluding hydrogens is 431 g/mol. The lowest BCUT2D eigenvalue weighted by Crippen LogP contribution is -2.32. The van der Waals surface area contributed by atoms with Gasteiger partial charge in [0.2, 0.25) is 0 Å². The van der Waals surface area contributed by atoms with Crippen molar-refractivity contribution in [3.8, 4) is 22.0 Å². The number of hydrogen-bond acceptors (Lipinski definition) is 5. The van der Waals surface area contributed by atoms with Crippen molar-refractivity contribution in [2.24, 2.45) is 7.05 Å². The molecule has 1 fully saturated rings. The number of rotatable bonds is 7. The molecule has 1 aromatic carbocycles. The largest absolute Gasteiger partial charge is 0.349 e. The van der Waals surface area contributed by atoms with Crippen LogP contribution in [0, 0.1) is 5.82 Å². The number of thiophene rings is 1. The van der Waals surface area contributed by atoms with Gasteiger partial charge in [0, 0.05) is 25.2 Å². The minimum Gasteiger partial charge on any atom is -0.349 e. The molecule has 1 N–H and O–H groups in total. The number of carbonyl (C=O) groups excluding carboxylic acids is 1. The quantitative estimate of drug-likeness (QED) is 0.467. The topological polar surface area (TPSA) is 86.7 Å². The Kier molecular flexibility index (Phi) is 5.22. The van der Waals surface area contributed by atoms with Crippen LogP contribution in [0.25, 0.3) is 22.0 Å². The Bertz CT molecular complexity index is 1320. The van der Waals surface area contributed by atoms with E-state index in [1.54, 1.807) is 41.2 Å². The van der Waals surface area contributed by atoms with Gasteiger partial charge in [0.15, 0.2) is 5.82 Å². The number of carbonyl (C=O) groups is 1. The van der Waals surface area contributed by atoms with Gasteiger partial charge in [-0.2, -0.15) is 5.10 Å². The smallest absolute Gasteiger partial charge is 0.346 e. The number of nitrogens with one attached hydrogen (secondary N) is 1. The van der Waals surface area contributed by atoms with Crippen LogP contribution in [-0.4, -0.2) is 36.6 Å². The van der Waals surface area contributed by atoms with Crippen molar-refractivity contribution in [1.29, 1.82) is 0 Å². The van der Waals surface area contributed by atoms with E-state index in [-0.39, 0.29) is 36.5 Å². The maximum atomic E-state index is 13.2. The number of halogens is 1. The molecule has 1 amide bonds. The van der Waals surface area contributed by atoms with E-state index in [9.17, 15) is 14.0 Å². The zero-order chi connectivity index (χ0) is 22.2. The Morgan fingerprint density at radius 1 is 1.22 bits per heavy atom. The standard InChI is InChI=1S/C22H21FN6O2S/c1-27-18(13-17(25-27)14-4-6-15(23)7-5-14)21(30)24-10-11-28-22(31)29(16-8-9-16)20(26-28)19-3-2-12-32-19/h2-7,12-13,16H,8-11H2,1H3,(H,24,30). The highest BCUT2D eigenvalue weighted by Gasteiger charge is 2.30. The first-order chi connectivity index (χ1) is 15.5. The number of aromatic nitrogens is 5. The van der Waals surface area contributed by atoms with Crippen LogP contribution >= 0.6 is 11.3 Å². The zero-order valence-corrected chi connectivity index (χ0v) is 18.2. The van der Waals surface area contributed by atoms with Gasteiger partial charge in [-0.3, -0.25) is 14.0 Å². The Morgan fingerprint density at radius 3 is 2.69 bits per heavy atom. The molecule has 0 bridgehead atoms. The molecule has 1 saturated carbocycles. The summed E-state index contributed by atoms with van der Waals surface area (Å²) in [6, 6.07) is 11.7. The number of hydrogen-bond donors (Lipinski definition) is 1. The lowest BCUT2D eigenvalue weighted by molar-refractivity contribution is 0.0942. The Balaban J connectivity index is 1.28. The van der Waals surface area contributed by atoms with Crippen LogP contribution in [-0.2, 0) is 13.6 Å². The number of benzene rings is 1. The van der Waals surface area contributed by atoms with E-state index >= 15 is 0 Å². The van der Waals surface area contributed by atoms with Crippen LogP contribution in [0.2, 0.25) is 0 Å². The molecule has 1 aliphatic rings. The molecule has 3 aromatic heterocycles. The fourth-order valence-corrected chi connectivity index (χ4v) is 4.31. The lowest BCUT2D eigenvalue weighted by Gasteiger charge is -2.04. The lowest BCUT2D eigenvalue weighted by atomic mass is 10.1. The molecular formula is C22H21FN6O2S. The third-order valence-electron chi connectivity index (χ3n) is 5.39. The van der Waals surface area contributed by atoms with Crippen LogP contribution in [0.1, 0.15) is 29.4 Å². The molecule has 1 aliphatic carbocycles. The Hall–Kier alpha value is -3.53. The summed E-state index contributed by atoms with van der Waals surface area (Å²) in [5, 5.41) is 13.7. The molecule has 5 rings (SSSR count). The normalized spacial score (nSPS) is 13.4. The first-order valence-electron chi connectivity index (χ1n) is 10.3. The average Bonchev–Trinajstić information content (AvgIpc) is 3.18. The van der Waals surface area contributed by atoms with Crippen molar-refractivity contribution in [3.05, 3.63) is 69.8 Å². The maximum absolute atomic E-state index is 13.2. The van der Waals surface area contributed by atoms with Crippen LogP contribution in [0.15, 0.2) is 52.6 Å². The molecule has 0 saturated heterocycles. The SMILES string of the molecule is Cn1nc(-c2ccc(F)cc2)cc1C(=O)NCCn1nc(-c2cccs2)n(C2CC2)c1=O. The molecule has 4 aromatic rings. The van der Waals surface area contributed by atoms with Gasteiger partial charge in [0.05, 0.1) is 17.1 Å². The molecule has 0 unspecified atom stereocenters. The average molecular weight is 453 g/mol. The van der Waals surface area contributed by atoms with E-state index in [0.717, 1.165) is 23.3 Å². The number of amides is 1. The maximum Gasteiger partial charge on any atom is 0.346 e. The van der Waals surface area contributed by atoms with Gasteiger partial charge in [-0.05, 0) is 54.6 Å². The third-order valence-corrected chi connectivity index (χ3v) is 6.25. The molecule has 10 heteroatoms. The van der Waals surface area contributed by atoms with Crippen molar-refractivity contribution in [1.82, 2.24) is 29.4 Å². The van der Waals surface area contributed by atoms with E-state index in [1.807, 2.05) is 17.5 Å². The minimum atomic E-state index is -0.329. The second-order valence-electron chi connectivity index (χ2n) is 7.71. The second kappa shape index (κ2) is 8.19. The summed E-state index contributed by atoms with van der Waals surface area (Å²) in [5.41, 5.74) is 1.53. The highest BCUT2D eigenvalue weighted by atomic mass is 32.1. The molecule has 32 heavy (non-hydrogen) atoms. The first-order valence-corrected chi connectivity index (χ1v) is 11.2. The predicted molar refractivity (Wildman–Crippen MR) is 119 cm³/mol. The van der Waals surface area contributed by atoms with E-state index in [1.165, 1.54) is 21.5 Å². The van der Waals surface area contributed by atoms with Crippen molar-refractivity contribution in [3.63, 3.8) is 0 Å². The summed E-state index contributed by atoms with van der Waals surface area (Å²) >= 11 is 1.55. The highest BCUT2D eigenvalue weighted by molar-refractivity contribution is 7.13. The van der Waals surface area contributed by atoms with Gasteiger partial charge in [-0.1, -0.05) is 6.07 Å². The summed E-state index contributed by atoms with van der Waals surface area (Å²) < 4.78 is 17.8. The van der Waals surface area contributed by atoms with E-state index in [4.69, 9.17) is 0 Å². The van der Waals surface area contributed by atoms with E-state index in [0.29, 0.717) is 17.2 Å². The van der Waals surface area contributed by atoms with Crippen LogP contribution in [0.5, 0.6) is 0 Å². The molecule has 0 atom stereocenters. The molecule has 8 nitrogen and oxygen atoms in total. The predicted octanol–water partition coefficient (Wildman–Crippen LogP) is 3.08. The van der Waals surface area contributed by atoms with Gasteiger partial charge < -0.3 is 5.32 Å². The number of aryl methyl sites for hydroxylation is 1. The van der Waals surface area contributed by atoms with Crippen molar-refractivity contribution in [2.45, 2.75) is 25.4 Å².